The third kappa shape index (κ3) is 5.65. The van der Waals surface area contributed by atoms with Crippen molar-refractivity contribution in [1.82, 2.24) is 0 Å². The number of benzene rings is 2. The van der Waals surface area contributed by atoms with Crippen LogP contribution in [-0.2, 0) is 9.59 Å². The van der Waals surface area contributed by atoms with Gasteiger partial charge in [0.25, 0.3) is 11.8 Å². The summed E-state index contributed by atoms with van der Waals surface area (Å²) in [4.78, 5) is 37.6. The number of quaternary nitrogens is 1. The number of aryl methyl sites for hydroxylation is 1. The van der Waals surface area contributed by atoms with Crippen molar-refractivity contribution in [3.63, 3.8) is 0 Å². The summed E-state index contributed by atoms with van der Waals surface area (Å²) in [6, 6.07) is 14.5. The van der Waals surface area contributed by atoms with Gasteiger partial charge in [0, 0.05) is 24.4 Å². The van der Waals surface area contributed by atoms with E-state index in [0.717, 1.165) is 23.6 Å². The maximum Gasteiger partial charge on any atom is 0.279 e. The van der Waals surface area contributed by atoms with E-state index in [0.29, 0.717) is 36.3 Å². The number of anilines is 2. The van der Waals surface area contributed by atoms with Crippen LogP contribution in [0.15, 0.2) is 48.5 Å². The molecule has 1 fully saturated rings. The molecule has 2 aromatic rings. The number of rotatable bonds is 6. The van der Waals surface area contributed by atoms with E-state index in [-0.39, 0.29) is 23.6 Å². The summed E-state index contributed by atoms with van der Waals surface area (Å²) in [7, 11) is 0. The Morgan fingerprint density at radius 1 is 1.03 bits per heavy atom. The molecular formula is C22H27N4O3+. The van der Waals surface area contributed by atoms with Crippen LogP contribution in [0.5, 0.6) is 0 Å². The molecule has 5 N–H and O–H groups in total. The van der Waals surface area contributed by atoms with Crippen molar-refractivity contribution in [1.29, 1.82) is 0 Å². The molecular weight excluding hydrogens is 368 g/mol. The number of hydrogen-bond donors (Lipinski definition) is 4. The second-order valence-electron chi connectivity index (χ2n) is 7.52. The second-order valence-corrected chi connectivity index (χ2v) is 7.52. The molecule has 7 nitrogen and oxygen atoms in total. The normalized spacial score (nSPS) is 18.7. The average molecular weight is 395 g/mol. The zero-order valence-corrected chi connectivity index (χ0v) is 16.5. The molecule has 3 amide bonds. The van der Waals surface area contributed by atoms with Gasteiger partial charge in [0.2, 0.25) is 5.91 Å². The predicted octanol–water partition coefficient (Wildman–Crippen LogP) is 0.966. The highest BCUT2D eigenvalue weighted by Gasteiger charge is 2.27. The van der Waals surface area contributed by atoms with E-state index in [2.05, 4.69) is 10.6 Å². The molecule has 1 heterocycles. The van der Waals surface area contributed by atoms with Crippen molar-refractivity contribution in [2.45, 2.75) is 19.8 Å². The van der Waals surface area contributed by atoms with Gasteiger partial charge in [-0.2, -0.15) is 0 Å². The maximum atomic E-state index is 12.7. The van der Waals surface area contributed by atoms with Crippen molar-refractivity contribution in [2.75, 3.05) is 30.3 Å². The molecule has 1 aliphatic heterocycles. The minimum Gasteiger partial charge on any atom is -0.369 e. The van der Waals surface area contributed by atoms with E-state index in [1.165, 1.54) is 0 Å². The molecule has 0 unspecified atom stereocenters. The fraction of sp³-hybridized carbons (Fsp3) is 0.318. The number of carbonyl (C=O) groups is 3. The smallest absolute Gasteiger partial charge is 0.279 e. The molecule has 0 aliphatic carbocycles. The molecule has 2 aromatic carbocycles. The minimum atomic E-state index is -0.277. The second kappa shape index (κ2) is 9.34. The van der Waals surface area contributed by atoms with E-state index in [1.807, 2.05) is 31.2 Å². The third-order valence-corrected chi connectivity index (χ3v) is 5.23. The SMILES string of the molecule is Cc1cccc(NC(=O)c2ccccc2NC(=O)C[NH+]2CCC(C(N)=O)CC2)c1. The van der Waals surface area contributed by atoms with Gasteiger partial charge in [-0.1, -0.05) is 24.3 Å². The lowest BCUT2D eigenvalue weighted by Gasteiger charge is -2.27. The predicted molar refractivity (Wildman–Crippen MR) is 112 cm³/mol. The van der Waals surface area contributed by atoms with Gasteiger partial charge in [-0.15, -0.1) is 0 Å². The fourth-order valence-electron chi connectivity index (χ4n) is 3.62. The number of nitrogens with one attached hydrogen (secondary N) is 3. The summed E-state index contributed by atoms with van der Waals surface area (Å²) in [5, 5.41) is 5.73. The van der Waals surface area contributed by atoms with Gasteiger partial charge in [0.15, 0.2) is 6.54 Å². The number of carbonyl (C=O) groups excluding carboxylic acids is 3. The average Bonchev–Trinajstić information content (AvgIpc) is 2.68. The number of primary amides is 1. The lowest BCUT2D eigenvalue weighted by molar-refractivity contribution is -0.897. The van der Waals surface area contributed by atoms with Crippen LogP contribution in [0.4, 0.5) is 11.4 Å². The highest BCUT2D eigenvalue weighted by molar-refractivity contribution is 6.10. The Morgan fingerprint density at radius 3 is 2.45 bits per heavy atom. The maximum absolute atomic E-state index is 12.7. The number of hydrogen-bond acceptors (Lipinski definition) is 3. The Bertz CT molecular complexity index is 904. The summed E-state index contributed by atoms with van der Waals surface area (Å²) in [6.07, 6.45) is 1.40. The molecule has 0 saturated carbocycles. The van der Waals surface area contributed by atoms with Gasteiger partial charge in [-0.05, 0) is 36.8 Å². The Kier molecular flexibility index (Phi) is 6.61. The first-order valence-corrected chi connectivity index (χ1v) is 9.82. The van der Waals surface area contributed by atoms with Crippen LogP contribution in [0.25, 0.3) is 0 Å². The summed E-state index contributed by atoms with van der Waals surface area (Å²) in [6.45, 7) is 3.71. The van der Waals surface area contributed by atoms with Crippen LogP contribution in [-0.4, -0.2) is 37.4 Å². The molecule has 29 heavy (non-hydrogen) atoms. The summed E-state index contributed by atoms with van der Waals surface area (Å²) in [5.74, 6) is -0.788. The largest absolute Gasteiger partial charge is 0.369 e. The van der Waals surface area contributed by atoms with E-state index in [9.17, 15) is 14.4 Å². The van der Waals surface area contributed by atoms with Crippen LogP contribution >= 0.6 is 0 Å². The molecule has 0 aromatic heterocycles. The van der Waals surface area contributed by atoms with Gasteiger partial charge in [0.05, 0.1) is 24.3 Å². The van der Waals surface area contributed by atoms with Gasteiger partial charge < -0.3 is 21.3 Å². The summed E-state index contributed by atoms with van der Waals surface area (Å²) >= 11 is 0. The first-order valence-electron chi connectivity index (χ1n) is 9.82. The molecule has 1 saturated heterocycles. The van der Waals surface area contributed by atoms with Crippen LogP contribution in [0.2, 0.25) is 0 Å². The highest BCUT2D eigenvalue weighted by atomic mass is 16.2. The number of likely N-dealkylation sites (tertiary alicyclic amines) is 1. The van der Waals surface area contributed by atoms with E-state index in [4.69, 9.17) is 5.73 Å². The molecule has 152 valence electrons. The lowest BCUT2D eigenvalue weighted by atomic mass is 9.96. The first-order chi connectivity index (χ1) is 13.9. The minimum absolute atomic E-state index is 0.0899. The first kappa shape index (κ1) is 20.5. The quantitative estimate of drug-likeness (QED) is 0.585. The molecule has 0 atom stereocenters. The van der Waals surface area contributed by atoms with Crippen molar-refractivity contribution < 1.29 is 19.3 Å². The zero-order chi connectivity index (χ0) is 20.8. The van der Waals surface area contributed by atoms with Crippen LogP contribution in [0.1, 0.15) is 28.8 Å². The van der Waals surface area contributed by atoms with E-state index >= 15 is 0 Å². The monoisotopic (exact) mass is 395 g/mol. The van der Waals surface area contributed by atoms with Crippen molar-refractivity contribution in [2.24, 2.45) is 11.7 Å². The summed E-state index contributed by atoms with van der Waals surface area (Å²) in [5.41, 5.74) is 8.00. The number of piperidine rings is 1. The molecule has 7 heteroatoms. The number of amides is 3. The highest BCUT2D eigenvalue weighted by Crippen LogP contribution is 2.18. The van der Waals surface area contributed by atoms with Gasteiger partial charge >= 0.3 is 0 Å². The molecule has 1 aliphatic rings. The number of nitrogens with two attached hydrogens (primary N) is 1. The van der Waals surface area contributed by atoms with Gasteiger partial charge in [-0.3, -0.25) is 14.4 Å². The Hall–Kier alpha value is -3.19. The lowest BCUT2D eigenvalue weighted by Crippen LogP contribution is -3.14. The Labute approximate surface area is 170 Å². The van der Waals surface area contributed by atoms with Gasteiger partial charge in [0.1, 0.15) is 0 Å². The molecule has 3 rings (SSSR count). The van der Waals surface area contributed by atoms with E-state index < -0.39 is 0 Å². The third-order valence-electron chi connectivity index (χ3n) is 5.23. The van der Waals surface area contributed by atoms with Crippen molar-refractivity contribution in [3.8, 4) is 0 Å². The van der Waals surface area contributed by atoms with Crippen molar-refractivity contribution >= 4 is 29.1 Å². The zero-order valence-electron chi connectivity index (χ0n) is 16.5. The standard InChI is InChI=1S/C22H26N4O3/c1-15-5-4-6-17(13-15)24-22(29)18-7-2-3-8-19(18)25-20(27)14-26-11-9-16(10-12-26)21(23)28/h2-8,13,16H,9-12,14H2,1H3,(H2,23,28)(H,24,29)(H,25,27)/p+1. The van der Waals surface area contributed by atoms with E-state index in [1.54, 1.807) is 24.3 Å². The Balaban J connectivity index is 1.61. The van der Waals surface area contributed by atoms with Gasteiger partial charge in [-0.25, -0.2) is 0 Å². The molecule has 0 radical (unpaired) electrons. The van der Waals surface area contributed by atoms with Crippen LogP contribution in [0, 0.1) is 12.8 Å². The topological polar surface area (TPSA) is 106 Å². The molecule has 0 spiro atoms. The number of para-hydroxylation sites is 1. The fourth-order valence-corrected chi connectivity index (χ4v) is 3.62. The Morgan fingerprint density at radius 2 is 1.76 bits per heavy atom. The summed E-state index contributed by atoms with van der Waals surface area (Å²) < 4.78 is 0. The molecule has 0 bridgehead atoms. The van der Waals surface area contributed by atoms with Crippen LogP contribution in [0.3, 0.4) is 0 Å². The van der Waals surface area contributed by atoms with Crippen LogP contribution < -0.4 is 21.3 Å². The van der Waals surface area contributed by atoms with Crippen molar-refractivity contribution in [3.05, 3.63) is 59.7 Å².